The van der Waals surface area contributed by atoms with Crippen molar-refractivity contribution in [2.45, 2.75) is 45.6 Å². The third kappa shape index (κ3) is 5.29. The number of hydrogen-bond acceptors (Lipinski definition) is 4. The molecule has 2 rings (SSSR count). The number of imide groups is 1. The van der Waals surface area contributed by atoms with Crippen molar-refractivity contribution < 1.29 is 19.1 Å². The van der Waals surface area contributed by atoms with Gasteiger partial charge in [-0.2, -0.15) is 0 Å². The zero-order valence-electron chi connectivity index (χ0n) is 16.3. The lowest BCUT2D eigenvalue weighted by Gasteiger charge is -2.22. The quantitative estimate of drug-likeness (QED) is 0.484. The van der Waals surface area contributed by atoms with Crippen molar-refractivity contribution in [3.05, 3.63) is 35.4 Å². The molecule has 4 amide bonds. The highest BCUT2D eigenvalue weighted by Gasteiger charge is 2.49. The van der Waals surface area contributed by atoms with E-state index in [1.165, 1.54) is 0 Å². The summed E-state index contributed by atoms with van der Waals surface area (Å²) in [5, 5.41) is 5.43. The summed E-state index contributed by atoms with van der Waals surface area (Å²) in [6.07, 6.45) is 2.80. The van der Waals surface area contributed by atoms with E-state index < -0.39 is 17.5 Å². The summed E-state index contributed by atoms with van der Waals surface area (Å²) in [7, 11) is 0. The number of amides is 4. The van der Waals surface area contributed by atoms with Gasteiger partial charge in [-0.3, -0.25) is 14.5 Å². The van der Waals surface area contributed by atoms with Crippen LogP contribution < -0.4 is 10.6 Å². The van der Waals surface area contributed by atoms with Crippen LogP contribution >= 0.6 is 0 Å². The summed E-state index contributed by atoms with van der Waals surface area (Å²) in [5.74, 6) is -0.783. The molecule has 2 N–H and O–H groups in total. The number of nitrogens with one attached hydrogen (secondary N) is 2. The predicted molar refractivity (Wildman–Crippen MR) is 102 cm³/mol. The van der Waals surface area contributed by atoms with Crippen LogP contribution in [0.2, 0.25) is 0 Å². The Labute approximate surface area is 160 Å². The second-order valence-corrected chi connectivity index (χ2v) is 6.98. The van der Waals surface area contributed by atoms with Gasteiger partial charge in [0.05, 0.1) is 0 Å². The Bertz CT molecular complexity index is 674. The lowest BCUT2D eigenvalue weighted by atomic mass is 9.91. The van der Waals surface area contributed by atoms with Gasteiger partial charge in [0.1, 0.15) is 12.1 Å². The first-order chi connectivity index (χ1) is 12.9. The molecule has 1 atom stereocenters. The molecule has 1 aromatic rings. The van der Waals surface area contributed by atoms with Gasteiger partial charge in [-0.05, 0) is 32.3 Å². The molecule has 7 nitrogen and oxygen atoms in total. The summed E-state index contributed by atoms with van der Waals surface area (Å²) < 4.78 is 5.43. The van der Waals surface area contributed by atoms with E-state index in [9.17, 15) is 14.4 Å². The number of carbonyl (C=O) groups is 3. The molecule has 148 valence electrons. The lowest BCUT2D eigenvalue weighted by molar-refractivity contribution is -0.134. The highest BCUT2D eigenvalue weighted by molar-refractivity contribution is 6.09. The van der Waals surface area contributed by atoms with Crippen molar-refractivity contribution in [3.8, 4) is 0 Å². The van der Waals surface area contributed by atoms with Gasteiger partial charge in [-0.25, -0.2) is 4.79 Å². The maximum Gasteiger partial charge on any atom is 0.325 e. The van der Waals surface area contributed by atoms with E-state index in [1.807, 2.05) is 31.2 Å². The number of nitrogens with zero attached hydrogens (tertiary/aromatic N) is 1. The topological polar surface area (TPSA) is 87.7 Å². The van der Waals surface area contributed by atoms with Crippen molar-refractivity contribution in [2.24, 2.45) is 0 Å². The minimum absolute atomic E-state index is 0.289. The van der Waals surface area contributed by atoms with Gasteiger partial charge >= 0.3 is 6.03 Å². The highest BCUT2D eigenvalue weighted by atomic mass is 16.5. The molecule has 7 heteroatoms. The van der Waals surface area contributed by atoms with E-state index in [0.29, 0.717) is 25.1 Å². The molecule has 1 fully saturated rings. The second-order valence-electron chi connectivity index (χ2n) is 6.98. The van der Waals surface area contributed by atoms with Crippen LogP contribution in [0.1, 0.15) is 44.2 Å². The number of benzene rings is 1. The predicted octanol–water partition coefficient (Wildman–Crippen LogP) is 2.09. The Morgan fingerprint density at radius 2 is 1.85 bits per heavy atom. The van der Waals surface area contributed by atoms with Crippen LogP contribution in [0.25, 0.3) is 0 Å². The average molecular weight is 375 g/mol. The first-order valence-corrected chi connectivity index (χ1v) is 9.44. The molecule has 0 spiro atoms. The Balaban J connectivity index is 1.84. The number of urea groups is 1. The third-order valence-electron chi connectivity index (χ3n) is 4.64. The van der Waals surface area contributed by atoms with E-state index in [0.717, 1.165) is 29.9 Å². The van der Waals surface area contributed by atoms with Crippen LogP contribution in [-0.2, 0) is 19.9 Å². The molecule has 0 radical (unpaired) electrons. The average Bonchev–Trinajstić information content (AvgIpc) is 2.85. The van der Waals surface area contributed by atoms with Gasteiger partial charge in [0, 0.05) is 19.8 Å². The van der Waals surface area contributed by atoms with Crippen LogP contribution in [0, 0.1) is 6.92 Å². The number of hydrogen-bond donors (Lipinski definition) is 2. The van der Waals surface area contributed by atoms with Gasteiger partial charge in [0.2, 0.25) is 5.91 Å². The Hall–Kier alpha value is -2.41. The molecule has 1 aromatic carbocycles. The number of unbranched alkanes of at least 4 members (excludes halogenated alkanes) is 1. The fourth-order valence-corrected chi connectivity index (χ4v) is 2.87. The maximum atomic E-state index is 12.8. The van der Waals surface area contributed by atoms with Crippen molar-refractivity contribution in [1.82, 2.24) is 15.5 Å². The number of carbonyl (C=O) groups excluding carboxylic acids is 3. The van der Waals surface area contributed by atoms with Crippen molar-refractivity contribution in [3.63, 3.8) is 0 Å². The van der Waals surface area contributed by atoms with Gasteiger partial charge in [-0.1, -0.05) is 43.2 Å². The summed E-state index contributed by atoms with van der Waals surface area (Å²) >= 11 is 0. The maximum absolute atomic E-state index is 12.8. The number of ether oxygens (including phenoxy) is 1. The highest BCUT2D eigenvalue weighted by Crippen LogP contribution is 2.28. The van der Waals surface area contributed by atoms with Gasteiger partial charge < -0.3 is 15.4 Å². The molecule has 0 saturated carbocycles. The molecular formula is C20H29N3O4. The van der Waals surface area contributed by atoms with Crippen LogP contribution in [-0.4, -0.2) is 49.0 Å². The van der Waals surface area contributed by atoms with Gasteiger partial charge in [0.25, 0.3) is 5.91 Å². The molecule has 27 heavy (non-hydrogen) atoms. The minimum Gasteiger partial charge on any atom is -0.381 e. The zero-order valence-corrected chi connectivity index (χ0v) is 16.3. The SMILES string of the molecule is CCCCOCCCNC(=O)CN1C(=O)NC(C)(c2ccc(C)cc2)C1=O. The van der Waals surface area contributed by atoms with Crippen LogP contribution in [0.3, 0.4) is 0 Å². The summed E-state index contributed by atoms with van der Waals surface area (Å²) in [6.45, 7) is 7.17. The summed E-state index contributed by atoms with van der Waals surface area (Å²) in [4.78, 5) is 38.1. The Morgan fingerprint density at radius 3 is 2.52 bits per heavy atom. The van der Waals surface area contributed by atoms with Gasteiger partial charge in [-0.15, -0.1) is 0 Å². The second kappa shape index (κ2) is 9.50. The monoisotopic (exact) mass is 375 g/mol. The standard InChI is InChI=1S/C20H29N3O4/c1-4-5-12-27-13-6-11-21-17(24)14-23-18(25)20(3,22-19(23)26)16-9-7-15(2)8-10-16/h7-10H,4-6,11-14H2,1-3H3,(H,21,24)(H,22,26). The smallest absolute Gasteiger partial charge is 0.325 e. The zero-order chi connectivity index (χ0) is 19.9. The molecule has 0 aliphatic carbocycles. The van der Waals surface area contributed by atoms with Crippen molar-refractivity contribution in [1.29, 1.82) is 0 Å². The molecule has 1 heterocycles. The third-order valence-corrected chi connectivity index (χ3v) is 4.64. The molecule has 0 aromatic heterocycles. The van der Waals surface area contributed by atoms with Crippen LogP contribution in [0.4, 0.5) is 4.79 Å². The summed E-state index contributed by atoms with van der Waals surface area (Å²) in [5.41, 5.74) is 0.602. The number of rotatable bonds is 10. The molecule has 0 bridgehead atoms. The molecule has 1 unspecified atom stereocenters. The molecular weight excluding hydrogens is 346 g/mol. The normalized spacial score (nSPS) is 19.3. The van der Waals surface area contributed by atoms with Crippen molar-refractivity contribution in [2.75, 3.05) is 26.3 Å². The molecule has 1 aliphatic heterocycles. The van der Waals surface area contributed by atoms with Crippen LogP contribution in [0.5, 0.6) is 0 Å². The minimum atomic E-state index is -1.15. The Kier molecular flexibility index (Phi) is 7.36. The lowest BCUT2D eigenvalue weighted by Crippen LogP contribution is -2.43. The van der Waals surface area contributed by atoms with Crippen molar-refractivity contribution >= 4 is 17.8 Å². The van der Waals surface area contributed by atoms with Gasteiger partial charge in [0.15, 0.2) is 0 Å². The summed E-state index contributed by atoms with van der Waals surface area (Å²) in [6, 6.07) is 6.85. The molecule has 1 aliphatic rings. The molecule has 1 saturated heterocycles. The van der Waals surface area contributed by atoms with E-state index in [-0.39, 0.29) is 12.5 Å². The van der Waals surface area contributed by atoms with E-state index in [4.69, 9.17) is 4.74 Å². The number of aryl methyl sites for hydroxylation is 1. The fourth-order valence-electron chi connectivity index (χ4n) is 2.87. The fraction of sp³-hybridized carbons (Fsp3) is 0.550. The Morgan fingerprint density at radius 1 is 1.19 bits per heavy atom. The van der Waals surface area contributed by atoms with E-state index >= 15 is 0 Å². The largest absolute Gasteiger partial charge is 0.381 e. The van der Waals surface area contributed by atoms with E-state index in [1.54, 1.807) is 6.92 Å². The first-order valence-electron chi connectivity index (χ1n) is 9.44. The van der Waals surface area contributed by atoms with Crippen LogP contribution in [0.15, 0.2) is 24.3 Å². The first kappa shape index (κ1) is 20.9. The van der Waals surface area contributed by atoms with E-state index in [2.05, 4.69) is 17.6 Å².